The van der Waals surface area contributed by atoms with E-state index in [1.54, 1.807) is 0 Å². The quantitative estimate of drug-likeness (QED) is 0.792. The van der Waals surface area contributed by atoms with Crippen LogP contribution < -0.4 is 10.7 Å². The summed E-state index contributed by atoms with van der Waals surface area (Å²) in [6, 6.07) is 9.06. The van der Waals surface area contributed by atoms with Crippen molar-refractivity contribution in [2.24, 2.45) is 17.8 Å². The maximum Gasteiger partial charge on any atom is 0.0461 e. The SMILES string of the molecule is C=c1c(C)c(C)c(=C)n1-c1ccc(CCC2CC3CCC2C3)cc1. The van der Waals surface area contributed by atoms with Gasteiger partial charge in [-0.1, -0.05) is 31.7 Å². The summed E-state index contributed by atoms with van der Waals surface area (Å²) in [5.74, 6) is 3.10. The molecule has 1 aromatic heterocycles. The summed E-state index contributed by atoms with van der Waals surface area (Å²) in [6.07, 6.45) is 8.64. The van der Waals surface area contributed by atoms with E-state index in [9.17, 15) is 0 Å². The predicted molar refractivity (Wildman–Crippen MR) is 103 cm³/mol. The van der Waals surface area contributed by atoms with E-state index in [2.05, 4.69) is 55.8 Å². The van der Waals surface area contributed by atoms with Crippen molar-refractivity contribution >= 4 is 13.2 Å². The summed E-state index contributed by atoms with van der Waals surface area (Å²) in [5.41, 5.74) is 5.16. The van der Waals surface area contributed by atoms with Gasteiger partial charge in [0.25, 0.3) is 0 Å². The van der Waals surface area contributed by atoms with E-state index >= 15 is 0 Å². The van der Waals surface area contributed by atoms with Crippen LogP contribution in [0.3, 0.4) is 0 Å². The van der Waals surface area contributed by atoms with E-state index in [0.717, 1.165) is 28.5 Å². The Balaban J connectivity index is 1.48. The lowest BCUT2D eigenvalue weighted by atomic mass is 9.84. The minimum atomic E-state index is 0.996. The van der Waals surface area contributed by atoms with Crippen molar-refractivity contribution in [2.45, 2.75) is 52.4 Å². The summed E-state index contributed by atoms with van der Waals surface area (Å²) in [6.45, 7) is 12.7. The number of rotatable bonds is 4. The molecule has 0 radical (unpaired) electrons. The molecule has 2 bridgehead atoms. The summed E-state index contributed by atoms with van der Waals surface area (Å²) in [5, 5.41) is 2.12. The van der Waals surface area contributed by atoms with E-state index in [1.165, 1.54) is 60.9 Å². The predicted octanol–water partition coefficient (Wildman–Crippen LogP) is 4.28. The molecule has 1 heteroatoms. The van der Waals surface area contributed by atoms with E-state index in [1.807, 2.05) is 0 Å². The second-order valence-electron chi connectivity index (χ2n) is 8.12. The van der Waals surface area contributed by atoms with Gasteiger partial charge in [-0.15, -0.1) is 0 Å². The zero-order valence-corrected chi connectivity index (χ0v) is 15.1. The van der Waals surface area contributed by atoms with Crippen molar-refractivity contribution in [3.63, 3.8) is 0 Å². The number of aromatic nitrogens is 1. The Morgan fingerprint density at radius 1 is 0.958 bits per heavy atom. The average Bonchev–Trinajstić information content (AvgIpc) is 3.26. The minimum absolute atomic E-state index is 0.996. The van der Waals surface area contributed by atoms with Gasteiger partial charge in [0.05, 0.1) is 0 Å². The van der Waals surface area contributed by atoms with E-state index in [4.69, 9.17) is 0 Å². The minimum Gasteiger partial charge on any atom is -0.311 e. The van der Waals surface area contributed by atoms with Crippen LogP contribution in [-0.4, -0.2) is 4.57 Å². The Morgan fingerprint density at radius 3 is 2.17 bits per heavy atom. The first-order valence-corrected chi connectivity index (χ1v) is 9.49. The Morgan fingerprint density at radius 2 is 1.62 bits per heavy atom. The Labute approximate surface area is 145 Å². The third kappa shape index (κ3) is 2.55. The van der Waals surface area contributed by atoms with E-state index in [0.29, 0.717) is 0 Å². The third-order valence-electron chi connectivity index (χ3n) is 6.85. The lowest BCUT2D eigenvalue weighted by Crippen LogP contribution is -2.23. The zero-order valence-electron chi connectivity index (χ0n) is 15.1. The first-order chi connectivity index (χ1) is 11.5. The first-order valence-electron chi connectivity index (χ1n) is 9.49. The molecule has 3 atom stereocenters. The molecule has 2 aliphatic carbocycles. The molecule has 126 valence electrons. The molecule has 2 fully saturated rings. The summed E-state index contributed by atoms with van der Waals surface area (Å²) < 4.78 is 2.18. The highest BCUT2D eigenvalue weighted by Crippen LogP contribution is 2.49. The molecule has 1 nitrogen and oxygen atoms in total. The van der Waals surface area contributed by atoms with Crippen LogP contribution in [0.15, 0.2) is 24.3 Å². The normalized spacial score (nSPS) is 25.5. The highest BCUT2D eigenvalue weighted by Gasteiger charge is 2.38. The van der Waals surface area contributed by atoms with Crippen molar-refractivity contribution in [1.29, 1.82) is 0 Å². The molecule has 1 aromatic carbocycles. The number of benzene rings is 1. The Bertz CT molecular complexity index is 806. The number of aryl methyl sites for hydroxylation is 1. The summed E-state index contributed by atoms with van der Waals surface area (Å²) >= 11 is 0. The number of hydrogen-bond acceptors (Lipinski definition) is 0. The van der Waals surface area contributed by atoms with Crippen LogP contribution in [0.25, 0.3) is 18.8 Å². The molecule has 0 N–H and O–H groups in total. The fraction of sp³-hybridized carbons (Fsp3) is 0.478. The van der Waals surface area contributed by atoms with Crippen LogP contribution in [0.5, 0.6) is 0 Å². The molecule has 4 rings (SSSR count). The van der Waals surface area contributed by atoms with Gasteiger partial charge in [-0.25, -0.2) is 0 Å². The monoisotopic (exact) mass is 319 g/mol. The smallest absolute Gasteiger partial charge is 0.0461 e. The van der Waals surface area contributed by atoms with Gasteiger partial charge in [-0.2, -0.15) is 0 Å². The molecule has 2 saturated carbocycles. The van der Waals surface area contributed by atoms with Crippen molar-refractivity contribution in [3.05, 3.63) is 51.7 Å². The first kappa shape index (κ1) is 15.7. The van der Waals surface area contributed by atoms with Gasteiger partial charge >= 0.3 is 0 Å². The fourth-order valence-corrected chi connectivity index (χ4v) is 5.14. The molecule has 2 aliphatic rings. The molecule has 0 amide bonds. The van der Waals surface area contributed by atoms with Crippen LogP contribution in [0.2, 0.25) is 0 Å². The standard InChI is InChI=1S/C23H29N/c1-15-16(2)18(4)24(17(15)3)23-11-7-19(8-12-23)5-9-21-13-20-6-10-22(21)14-20/h7-8,11-12,20-22H,3-6,9-10,13-14H2,1-2H3. The van der Waals surface area contributed by atoms with Crippen molar-refractivity contribution < 1.29 is 0 Å². The second kappa shape index (κ2) is 5.95. The van der Waals surface area contributed by atoms with Crippen LogP contribution in [-0.2, 0) is 6.42 Å². The van der Waals surface area contributed by atoms with Gasteiger partial charge in [0.2, 0.25) is 0 Å². The molecule has 24 heavy (non-hydrogen) atoms. The lowest BCUT2D eigenvalue weighted by molar-refractivity contribution is 0.315. The van der Waals surface area contributed by atoms with E-state index in [-0.39, 0.29) is 0 Å². The maximum absolute atomic E-state index is 4.23. The topological polar surface area (TPSA) is 4.93 Å². The van der Waals surface area contributed by atoms with Gasteiger partial charge in [0, 0.05) is 16.4 Å². The molecule has 1 heterocycles. The molecular formula is C23H29N. The van der Waals surface area contributed by atoms with E-state index < -0.39 is 0 Å². The molecule has 0 saturated heterocycles. The van der Waals surface area contributed by atoms with Crippen molar-refractivity contribution in [3.8, 4) is 5.69 Å². The molecule has 0 aliphatic heterocycles. The second-order valence-corrected chi connectivity index (χ2v) is 8.12. The Kier molecular flexibility index (Phi) is 3.90. The van der Waals surface area contributed by atoms with Gasteiger partial charge < -0.3 is 4.57 Å². The van der Waals surface area contributed by atoms with Crippen LogP contribution in [0, 0.1) is 31.6 Å². The number of hydrogen-bond donors (Lipinski definition) is 0. The largest absolute Gasteiger partial charge is 0.311 e. The fourth-order valence-electron chi connectivity index (χ4n) is 5.14. The van der Waals surface area contributed by atoms with Crippen molar-refractivity contribution in [1.82, 2.24) is 4.57 Å². The zero-order chi connectivity index (χ0) is 16.8. The molecular weight excluding hydrogens is 290 g/mol. The van der Waals surface area contributed by atoms with Crippen molar-refractivity contribution in [2.75, 3.05) is 0 Å². The van der Waals surface area contributed by atoms with Gasteiger partial charge in [-0.05, 0) is 92.5 Å². The van der Waals surface area contributed by atoms with Gasteiger partial charge in [0.15, 0.2) is 0 Å². The van der Waals surface area contributed by atoms with Crippen LogP contribution in [0.4, 0.5) is 0 Å². The van der Waals surface area contributed by atoms with Crippen LogP contribution >= 0.6 is 0 Å². The molecule has 0 spiro atoms. The van der Waals surface area contributed by atoms with Gasteiger partial charge in [0.1, 0.15) is 0 Å². The third-order valence-corrected chi connectivity index (χ3v) is 6.85. The lowest BCUT2D eigenvalue weighted by Gasteiger charge is -2.21. The number of fused-ring (bicyclic) bond motifs is 2. The summed E-state index contributed by atoms with van der Waals surface area (Å²) in [7, 11) is 0. The molecule has 3 unspecified atom stereocenters. The number of nitrogens with zero attached hydrogens (tertiary/aromatic N) is 1. The Hall–Kier alpha value is -1.76. The highest BCUT2D eigenvalue weighted by molar-refractivity contribution is 5.41. The van der Waals surface area contributed by atoms with Gasteiger partial charge in [-0.3, -0.25) is 0 Å². The maximum atomic E-state index is 4.23. The average molecular weight is 319 g/mol. The van der Waals surface area contributed by atoms with Crippen LogP contribution in [0.1, 0.15) is 48.8 Å². The molecule has 2 aromatic rings. The highest BCUT2D eigenvalue weighted by atomic mass is 15.0. The summed E-state index contributed by atoms with van der Waals surface area (Å²) in [4.78, 5) is 0.